The zero-order valence-electron chi connectivity index (χ0n) is 12.4. The third-order valence-electron chi connectivity index (χ3n) is 4.01. The molecule has 2 radical (unpaired) electrons. The van der Waals surface area contributed by atoms with Gasteiger partial charge in [-0.3, -0.25) is 0 Å². The van der Waals surface area contributed by atoms with Crippen molar-refractivity contribution in [1.82, 2.24) is 0 Å². The summed E-state index contributed by atoms with van der Waals surface area (Å²) >= 11 is 0. The summed E-state index contributed by atoms with van der Waals surface area (Å²) in [5, 5.41) is 1.51. The van der Waals surface area contributed by atoms with E-state index in [0.29, 0.717) is 5.54 Å². The fourth-order valence-corrected chi connectivity index (χ4v) is 4.86. The molecule has 1 unspecified atom stereocenters. The monoisotopic (exact) mass is 260 g/mol. The van der Waals surface area contributed by atoms with Gasteiger partial charge in [-0.1, -0.05) is 23.4 Å². The summed E-state index contributed by atoms with van der Waals surface area (Å²) in [5.41, 5.74) is 3.51. The molecule has 0 aromatic heterocycles. The van der Waals surface area contributed by atoms with Crippen LogP contribution in [0.3, 0.4) is 0 Å². The van der Waals surface area contributed by atoms with Gasteiger partial charge in [0.1, 0.15) is 0 Å². The molecule has 1 nitrogen and oxygen atoms in total. The lowest BCUT2D eigenvalue weighted by Crippen LogP contribution is -2.33. The number of benzene rings is 1. The van der Waals surface area contributed by atoms with Crippen molar-refractivity contribution >= 4 is 14.7 Å². The van der Waals surface area contributed by atoms with Crippen LogP contribution in [0.4, 0.5) is 0 Å². The molecule has 0 aliphatic carbocycles. The van der Waals surface area contributed by atoms with Crippen LogP contribution in [0.5, 0.6) is 0 Å². The van der Waals surface area contributed by atoms with Crippen LogP contribution in [-0.2, 0) is 4.74 Å². The Kier molecular flexibility index (Phi) is 3.45. The lowest BCUT2D eigenvalue weighted by Gasteiger charge is -2.27. The molecule has 1 aliphatic rings. The molecule has 0 spiro atoms. The Morgan fingerprint density at radius 3 is 2.39 bits per heavy atom. The van der Waals surface area contributed by atoms with E-state index in [-0.39, 0.29) is 11.2 Å². The van der Waals surface area contributed by atoms with Gasteiger partial charge in [-0.25, -0.2) is 0 Å². The van der Waals surface area contributed by atoms with Crippen LogP contribution >= 0.6 is 0 Å². The van der Waals surface area contributed by atoms with E-state index in [4.69, 9.17) is 4.74 Å². The maximum atomic E-state index is 6.20. The van der Waals surface area contributed by atoms with E-state index in [2.05, 4.69) is 59.7 Å². The molecule has 0 saturated carbocycles. The van der Waals surface area contributed by atoms with Gasteiger partial charge < -0.3 is 4.74 Å². The minimum absolute atomic E-state index is 0.00185. The number of hydrogen-bond donors (Lipinski definition) is 0. The molecule has 18 heavy (non-hydrogen) atoms. The molecule has 98 valence electrons. The van der Waals surface area contributed by atoms with Gasteiger partial charge >= 0.3 is 0 Å². The molecule has 0 amide bonds. The van der Waals surface area contributed by atoms with Crippen LogP contribution in [0, 0.1) is 13.8 Å². The maximum Gasteiger partial charge on any atom is 0.0877 e. The number of ether oxygens (including phenoxy) is 1. The molecule has 1 aliphatic heterocycles. The Hall–Kier alpha value is -0.603. The Morgan fingerprint density at radius 2 is 1.83 bits per heavy atom. The summed E-state index contributed by atoms with van der Waals surface area (Å²) in [5.74, 6) is 0. The SMILES string of the molecule is Cc1cccc([Si]C2CC(C)(C)OC2(C)C)c1C. The molecule has 2 rings (SSSR count). The first kappa shape index (κ1) is 13.8. The summed E-state index contributed by atoms with van der Waals surface area (Å²) in [6, 6.07) is 6.66. The Labute approximate surface area is 114 Å². The first-order valence-electron chi connectivity index (χ1n) is 6.74. The molecule has 1 saturated heterocycles. The van der Waals surface area contributed by atoms with Gasteiger partial charge in [0, 0.05) is 0 Å². The topological polar surface area (TPSA) is 9.23 Å². The van der Waals surface area contributed by atoms with Crippen LogP contribution in [-0.4, -0.2) is 20.7 Å². The fraction of sp³-hybridized carbons (Fsp3) is 0.625. The summed E-state index contributed by atoms with van der Waals surface area (Å²) < 4.78 is 6.20. The van der Waals surface area contributed by atoms with Crippen molar-refractivity contribution in [3.8, 4) is 0 Å². The van der Waals surface area contributed by atoms with Gasteiger partial charge in [0.2, 0.25) is 0 Å². The molecule has 2 heteroatoms. The van der Waals surface area contributed by atoms with Crippen molar-refractivity contribution in [2.45, 2.75) is 64.7 Å². The molecular formula is C16H24OSi. The Morgan fingerprint density at radius 1 is 1.17 bits per heavy atom. The maximum absolute atomic E-state index is 6.20. The van der Waals surface area contributed by atoms with Crippen molar-refractivity contribution in [3.05, 3.63) is 29.3 Å². The second kappa shape index (κ2) is 4.50. The largest absolute Gasteiger partial charge is 0.370 e. The number of hydrogen-bond acceptors (Lipinski definition) is 1. The molecule has 1 aromatic carbocycles. The highest BCUT2D eigenvalue weighted by Crippen LogP contribution is 2.45. The second-order valence-electron chi connectivity index (χ2n) is 6.61. The van der Waals surface area contributed by atoms with Gasteiger partial charge in [0.15, 0.2) is 0 Å². The Balaban J connectivity index is 2.22. The summed E-state index contributed by atoms with van der Waals surface area (Å²) in [6.07, 6.45) is 1.16. The predicted octanol–water partition coefficient (Wildman–Crippen LogP) is 3.40. The highest BCUT2D eigenvalue weighted by molar-refractivity contribution is 6.56. The van der Waals surface area contributed by atoms with Crippen LogP contribution < -0.4 is 5.19 Å². The van der Waals surface area contributed by atoms with Crippen LogP contribution in [0.1, 0.15) is 45.2 Å². The summed E-state index contributed by atoms with van der Waals surface area (Å²) in [4.78, 5) is 0. The minimum atomic E-state index is -0.00185. The standard InChI is InChI=1S/C16H24OSi/c1-11-8-7-9-13(12(11)2)18-14-10-15(3,4)17-16(14,5)6/h7-9,14H,10H2,1-6H3. The zero-order valence-corrected chi connectivity index (χ0v) is 13.4. The van der Waals surface area contributed by atoms with Crippen LogP contribution in [0.25, 0.3) is 0 Å². The lowest BCUT2D eigenvalue weighted by atomic mass is 10.00. The highest BCUT2D eigenvalue weighted by atomic mass is 28.2. The molecule has 1 fully saturated rings. The average Bonchev–Trinajstić information content (AvgIpc) is 2.42. The van der Waals surface area contributed by atoms with Crippen molar-refractivity contribution in [1.29, 1.82) is 0 Å². The van der Waals surface area contributed by atoms with Crippen molar-refractivity contribution in [2.75, 3.05) is 0 Å². The van der Waals surface area contributed by atoms with Crippen molar-refractivity contribution in [3.63, 3.8) is 0 Å². The lowest BCUT2D eigenvalue weighted by molar-refractivity contribution is -0.0642. The number of aryl methyl sites for hydroxylation is 1. The smallest absolute Gasteiger partial charge is 0.0877 e. The van der Waals surface area contributed by atoms with Gasteiger partial charge in [-0.15, -0.1) is 0 Å². The first-order valence-corrected chi connectivity index (χ1v) is 7.82. The normalized spacial score (nSPS) is 25.3. The second-order valence-corrected chi connectivity index (χ2v) is 8.14. The minimum Gasteiger partial charge on any atom is -0.370 e. The third-order valence-corrected chi connectivity index (χ3v) is 6.11. The average molecular weight is 260 g/mol. The molecule has 1 atom stereocenters. The fourth-order valence-electron chi connectivity index (χ4n) is 2.88. The quantitative estimate of drug-likeness (QED) is 0.741. The Bertz CT molecular complexity index is 448. The highest BCUT2D eigenvalue weighted by Gasteiger charge is 2.45. The van der Waals surface area contributed by atoms with Gasteiger partial charge in [-0.2, -0.15) is 0 Å². The third kappa shape index (κ3) is 2.70. The van der Waals surface area contributed by atoms with Gasteiger partial charge in [0.05, 0.1) is 20.7 Å². The van der Waals surface area contributed by atoms with Crippen LogP contribution in [0.2, 0.25) is 5.54 Å². The molecule has 1 aromatic rings. The van der Waals surface area contributed by atoms with E-state index in [0.717, 1.165) is 15.9 Å². The molecular weight excluding hydrogens is 236 g/mol. The van der Waals surface area contributed by atoms with E-state index in [9.17, 15) is 0 Å². The van der Waals surface area contributed by atoms with Gasteiger partial charge in [-0.05, 0) is 64.6 Å². The summed E-state index contributed by atoms with van der Waals surface area (Å²) in [7, 11) is 0.846. The molecule has 0 N–H and O–H groups in total. The van der Waals surface area contributed by atoms with Crippen molar-refractivity contribution < 1.29 is 4.74 Å². The first-order chi connectivity index (χ1) is 8.21. The van der Waals surface area contributed by atoms with E-state index >= 15 is 0 Å². The van der Waals surface area contributed by atoms with E-state index < -0.39 is 0 Å². The van der Waals surface area contributed by atoms with Gasteiger partial charge in [0.25, 0.3) is 0 Å². The van der Waals surface area contributed by atoms with E-state index in [1.165, 1.54) is 16.3 Å². The van der Waals surface area contributed by atoms with E-state index in [1.807, 2.05) is 0 Å². The number of rotatable bonds is 2. The summed E-state index contributed by atoms with van der Waals surface area (Å²) in [6.45, 7) is 13.3. The van der Waals surface area contributed by atoms with Crippen molar-refractivity contribution in [2.24, 2.45) is 0 Å². The molecule has 1 heterocycles. The predicted molar refractivity (Wildman–Crippen MR) is 78.9 cm³/mol. The van der Waals surface area contributed by atoms with Crippen LogP contribution in [0.15, 0.2) is 18.2 Å². The molecule has 0 bridgehead atoms. The zero-order chi connectivity index (χ0) is 13.6. The van der Waals surface area contributed by atoms with E-state index in [1.54, 1.807) is 0 Å².